The van der Waals surface area contributed by atoms with Crippen LogP contribution < -0.4 is 0 Å². The fourth-order valence-electron chi connectivity index (χ4n) is 3.59. The van der Waals surface area contributed by atoms with E-state index in [1.165, 1.54) is 8.96 Å². The molecule has 0 saturated carbocycles. The van der Waals surface area contributed by atoms with Gasteiger partial charge in [0.05, 0.1) is 3.58 Å². The molecule has 0 saturated heterocycles. The van der Waals surface area contributed by atoms with Gasteiger partial charge in [-0.05, 0) is 84.1 Å². The van der Waals surface area contributed by atoms with Crippen molar-refractivity contribution < 1.29 is 13.1 Å². The molecule has 2 nitrogen and oxygen atoms in total. The summed E-state index contributed by atoms with van der Waals surface area (Å²) in [5, 5.41) is 0. The lowest BCUT2D eigenvalue weighted by atomic mass is 9.86. The molecule has 0 amide bonds. The maximum absolute atomic E-state index is 15.2. The molecule has 0 aromatic carbocycles. The van der Waals surface area contributed by atoms with E-state index in [1.54, 1.807) is 13.8 Å². The SMILES string of the molecule is CC1=C(I)C(C)=[N+]2C1=C(C)c1c(C)c(I)c(C)n1[B-]2(F)F. The third-order valence-corrected chi connectivity index (χ3v) is 7.72. The van der Waals surface area contributed by atoms with Crippen molar-refractivity contribution in [2.24, 2.45) is 0 Å². The van der Waals surface area contributed by atoms with Gasteiger partial charge in [0.25, 0.3) is 0 Å². The molecule has 0 bridgehead atoms. The highest BCUT2D eigenvalue weighted by Crippen LogP contribution is 2.45. The molecule has 0 atom stereocenters. The minimum atomic E-state index is -3.84. The number of hydrogen-bond acceptors (Lipinski definition) is 0. The van der Waals surface area contributed by atoms with Gasteiger partial charge >= 0.3 is 6.97 Å². The average molecular weight is 514 g/mol. The number of allylic oxidation sites excluding steroid dienone is 3. The van der Waals surface area contributed by atoms with Crippen molar-refractivity contribution in [2.75, 3.05) is 0 Å². The van der Waals surface area contributed by atoms with Crippen molar-refractivity contribution in [2.45, 2.75) is 34.6 Å². The van der Waals surface area contributed by atoms with Crippen molar-refractivity contribution in [1.82, 2.24) is 4.48 Å². The summed E-state index contributed by atoms with van der Waals surface area (Å²) in [6.45, 7) is 5.54. The second kappa shape index (κ2) is 4.66. The first-order valence-electron chi connectivity index (χ1n) is 6.73. The van der Waals surface area contributed by atoms with Crippen LogP contribution in [-0.2, 0) is 0 Å². The van der Waals surface area contributed by atoms with Gasteiger partial charge in [-0.15, -0.1) is 0 Å². The van der Waals surface area contributed by atoms with Gasteiger partial charge in [-0.3, -0.25) is 0 Å². The summed E-state index contributed by atoms with van der Waals surface area (Å²) in [5.74, 6) is 0. The van der Waals surface area contributed by atoms with Gasteiger partial charge in [-0.25, -0.2) is 0 Å². The molecule has 21 heavy (non-hydrogen) atoms. The van der Waals surface area contributed by atoms with E-state index in [0.717, 1.165) is 23.9 Å². The number of aromatic nitrogens is 1. The molecule has 1 aromatic rings. The summed E-state index contributed by atoms with van der Waals surface area (Å²) in [6, 6.07) is 0. The monoisotopic (exact) mass is 514 g/mol. The van der Waals surface area contributed by atoms with Crippen LogP contribution in [0.15, 0.2) is 14.8 Å². The summed E-state index contributed by atoms with van der Waals surface area (Å²) in [7, 11) is 0. The number of nitrogens with zero attached hydrogens (tertiary/aromatic N) is 2. The lowest BCUT2D eigenvalue weighted by Gasteiger charge is -2.32. The van der Waals surface area contributed by atoms with Crippen molar-refractivity contribution in [3.05, 3.63) is 35.4 Å². The zero-order valence-corrected chi connectivity index (χ0v) is 16.8. The summed E-state index contributed by atoms with van der Waals surface area (Å²) in [6.07, 6.45) is 0. The quantitative estimate of drug-likeness (QED) is 0.345. The van der Waals surface area contributed by atoms with Gasteiger partial charge in [0.1, 0.15) is 5.71 Å². The highest BCUT2D eigenvalue weighted by molar-refractivity contribution is 14.1. The molecule has 1 aromatic heterocycles. The Kier molecular flexibility index (Phi) is 3.48. The molecule has 3 heterocycles. The number of halogens is 4. The van der Waals surface area contributed by atoms with Crippen LogP contribution in [0, 0.1) is 17.4 Å². The van der Waals surface area contributed by atoms with Crippen LogP contribution in [0.25, 0.3) is 5.57 Å². The van der Waals surface area contributed by atoms with Crippen LogP contribution in [0.5, 0.6) is 0 Å². The maximum atomic E-state index is 15.2. The Labute approximate surface area is 150 Å². The Balaban J connectivity index is 2.52. The van der Waals surface area contributed by atoms with E-state index < -0.39 is 6.97 Å². The fourth-order valence-corrected chi connectivity index (χ4v) is 4.62. The Morgan fingerprint density at radius 2 is 1.57 bits per heavy atom. The molecular formula is C14H15BF2I2N2. The summed E-state index contributed by atoms with van der Waals surface area (Å²) < 4.78 is 34.8. The predicted molar refractivity (Wildman–Crippen MR) is 100 cm³/mol. The third-order valence-electron chi connectivity index (χ3n) is 4.54. The molecule has 0 N–H and O–H groups in total. The summed E-state index contributed by atoms with van der Waals surface area (Å²) >= 11 is 4.34. The standard InChI is InChI=1S/C14H15BF2I2N2/c1-6-11(18)9(4)20-13(6)8(3)14-7(2)12(19)10(5)21(14)15(20,16)17/h1-5H3. The Morgan fingerprint density at radius 3 is 2.14 bits per heavy atom. The second-order valence-corrected chi connectivity index (χ2v) is 7.86. The predicted octanol–water partition coefficient (Wildman–Crippen LogP) is 4.87. The van der Waals surface area contributed by atoms with Crippen molar-refractivity contribution in [1.29, 1.82) is 0 Å². The van der Waals surface area contributed by atoms with Gasteiger partial charge in [0.2, 0.25) is 0 Å². The van der Waals surface area contributed by atoms with Crippen LogP contribution >= 0.6 is 45.2 Å². The zero-order chi connectivity index (χ0) is 15.9. The molecule has 0 unspecified atom stereocenters. The first-order chi connectivity index (χ1) is 9.62. The fraction of sp³-hybridized carbons (Fsp3) is 0.357. The lowest BCUT2D eigenvalue weighted by Crippen LogP contribution is -2.51. The first kappa shape index (κ1) is 15.7. The largest absolute Gasteiger partial charge is 0.737 e. The Hall–Kier alpha value is -0.185. The topological polar surface area (TPSA) is 7.94 Å². The van der Waals surface area contributed by atoms with E-state index in [2.05, 4.69) is 45.2 Å². The van der Waals surface area contributed by atoms with E-state index in [1.807, 2.05) is 20.8 Å². The van der Waals surface area contributed by atoms with Gasteiger partial charge in [0.15, 0.2) is 5.70 Å². The van der Waals surface area contributed by atoms with Crippen LogP contribution in [0.1, 0.15) is 37.7 Å². The molecule has 3 rings (SSSR count). The Bertz CT molecular complexity index is 800. The number of fused-ring (bicyclic) bond motifs is 2. The maximum Gasteiger partial charge on any atom is 0.737 e. The average Bonchev–Trinajstić information content (AvgIpc) is 2.78. The highest BCUT2D eigenvalue weighted by Gasteiger charge is 2.55. The highest BCUT2D eigenvalue weighted by atomic mass is 127. The van der Waals surface area contributed by atoms with E-state index in [0.29, 0.717) is 22.8 Å². The van der Waals surface area contributed by atoms with Crippen molar-refractivity contribution in [3.8, 4) is 0 Å². The molecule has 0 fully saturated rings. The summed E-state index contributed by atoms with van der Waals surface area (Å²) in [4.78, 5) is 0. The normalized spacial score (nSPS) is 20.4. The van der Waals surface area contributed by atoms with E-state index in [9.17, 15) is 0 Å². The van der Waals surface area contributed by atoms with E-state index in [-0.39, 0.29) is 0 Å². The molecule has 0 aliphatic carbocycles. The molecule has 0 spiro atoms. The molecule has 7 heteroatoms. The number of hydrogen-bond donors (Lipinski definition) is 0. The minimum absolute atomic E-state index is 0.652. The smallest absolute Gasteiger partial charge is 0.393 e. The van der Waals surface area contributed by atoms with Crippen molar-refractivity contribution >= 4 is 63.4 Å². The molecule has 112 valence electrons. The van der Waals surface area contributed by atoms with Crippen LogP contribution in [0.3, 0.4) is 0 Å². The molecule has 0 radical (unpaired) electrons. The van der Waals surface area contributed by atoms with Crippen LogP contribution in [0.2, 0.25) is 0 Å². The molecular weight excluding hydrogens is 499 g/mol. The van der Waals surface area contributed by atoms with Crippen molar-refractivity contribution in [3.63, 3.8) is 0 Å². The zero-order valence-electron chi connectivity index (χ0n) is 12.5. The van der Waals surface area contributed by atoms with Gasteiger partial charge in [-0.1, -0.05) is 0 Å². The first-order valence-corrected chi connectivity index (χ1v) is 8.88. The second-order valence-electron chi connectivity index (χ2n) is 5.70. The lowest BCUT2D eigenvalue weighted by molar-refractivity contribution is -0.363. The number of rotatable bonds is 0. The third kappa shape index (κ3) is 1.76. The minimum Gasteiger partial charge on any atom is -0.393 e. The van der Waals surface area contributed by atoms with Gasteiger partial charge in [-0.2, -0.15) is 0 Å². The van der Waals surface area contributed by atoms with Gasteiger partial charge < -0.3 is 17.6 Å². The molecule has 2 aliphatic rings. The van der Waals surface area contributed by atoms with Crippen LogP contribution in [0.4, 0.5) is 8.63 Å². The van der Waals surface area contributed by atoms with E-state index >= 15 is 8.63 Å². The summed E-state index contributed by atoms with van der Waals surface area (Å²) in [5.41, 5.74) is 5.52. The van der Waals surface area contributed by atoms with Gasteiger partial charge in [0, 0.05) is 27.3 Å². The molecule has 2 aliphatic heterocycles. The van der Waals surface area contributed by atoms with E-state index in [4.69, 9.17) is 0 Å². The Morgan fingerprint density at radius 1 is 1.00 bits per heavy atom. The van der Waals surface area contributed by atoms with Crippen LogP contribution in [-0.4, -0.2) is 21.6 Å².